The average Bonchev–Trinajstić information content (AvgIpc) is 2.34. The summed E-state index contributed by atoms with van der Waals surface area (Å²) in [5, 5.41) is 0. The van der Waals surface area contributed by atoms with Gasteiger partial charge in [0.05, 0.1) is 7.11 Å². The predicted molar refractivity (Wildman–Crippen MR) is 76.9 cm³/mol. The van der Waals surface area contributed by atoms with Crippen molar-refractivity contribution in [2.24, 2.45) is 11.5 Å². The summed E-state index contributed by atoms with van der Waals surface area (Å²) in [5.74, 6) is 1.38. The largest absolute Gasteiger partial charge is 0.496 e. The molecule has 0 heterocycles. The van der Waals surface area contributed by atoms with Gasteiger partial charge in [0, 0.05) is 17.6 Å². The molecule has 4 N–H and O–H groups in total. The number of hydrogen-bond acceptors (Lipinski definition) is 3. The third kappa shape index (κ3) is 4.00. The molecular formula is C15H26N2O. The van der Waals surface area contributed by atoms with Crippen LogP contribution in [-0.2, 0) is 0 Å². The van der Waals surface area contributed by atoms with Gasteiger partial charge >= 0.3 is 0 Å². The summed E-state index contributed by atoms with van der Waals surface area (Å²) in [6.07, 6.45) is 1.81. The molecule has 0 aliphatic heterocycles. The molecule has 1 rings (SSSR count). The van der Waals surface area contributed by atoms with E-state index in [1.54, 1.807) is 7.11 Å². The van der Waals surface area contributed by atoms with Gasteiger partial charge in [0.25, 0.3) is 0 Å². The highest BCUT2D eigenvalue weighted by Crippen LogP contribution is 2.30. The lowest BCUT2D eigenvalue weighted by atomic mass is 9.95. The van der Waals surface area contributed by atoms with E-state index in [2.05, 4.69) is 32.0 Å². The maximum Gasteiger partial charge on any atom is 0.123 e. The number of hydrogen-bond donors (Lipinski definition) is 2. The van der Waals surface area contributed by atoms with Crippen LogP contribution in [0.15, 0.2) is 18.2 Å². The lowest BCUT2D eigenvalue weighted by Gasteiger charge is -2.18. The molecule has 3 heteroatoms. The Kier molecular flexibility index (Phi) is 5.63. The molecule has 102 valence electrons. The molecule has 0 bridgehead atoms. The third-order valence-corrected chi connectivity index (χ3v) is 3.26. The highest BCUT2D eigenvalue weighted by Gasteiger charge is 2.14. The molecule has 0 aliphatic carbocycles. The zero-order chi connectivity index (χ0) is 13.7. The molecule has 0 aliphatic rings. The van der Waals surface area contributed by atoms with Crippen LogP contribution in [0.5, 0.6) is 5.75 Å². The van der Waals surface area contributed by atoms with Crippen LogP contribution < -0.4 is 16.2 Å². The average molecular weight is 250 g/mol. The summed E-state index contributed by atoms with van der Waals surface area (Å²) in [6, 6.07) is 6.49. The molecule has 1 aromatic rings. The summed E-state index contributed by atoms with van der Waals surface area (Å²) >= 11 is 0. The van der Waals surface area contributed by atoms with Crippen LogP contribution in [0.4, 0.5) is 0 Å². The van der Waals surface area contributed by atoms with Gasteiger partial charge in [-0.15, -0.1) is 0 Å². The minimum absolute atomic E-state index is 0.00726. The molecule has 3 nitrogen and oxygen atoms in total. The molecule has 0 amide bonds. The van der Waals surface area contributed by atoms with Crippen molar-refractivity contribution < 1.29 is 4.74 Å². The van der Waals surface area contributed by atoms with Crippen molar-refractivity contribution in [3.63, 3.8) is 0 Å². The minimum Gasteiger partial charge on any atom is -0.496 e. The molecule has 2 atom stereocenters. The van der Waals surface area contributed by atoms with Crippen LogP contribution in [-0.4, -0.2) is 13.2 Å². The van der Waals surface area contributed by atoms with Crippen molar-refractivity contribution in [2.45, 2.75) is 51.6 Å². The van der Waals surface area contributed by atoms with E-state index in [0.29, 0.717) is 5.92 Å². The van der Waals surface area contributed by atoms with Gasteiger partial charge in [0.15, 0.2) is 0 Å². The van der Waals surface area contributed by atoms with E-state index in [0.717, 1.165) is 24.2 Å². The van der Waals surface area contributed by atoms with Gasteiger partial charge < -0.3 is 16.2 Å². The van der Waals surface area contributed by atoms with E-state index < -0.39 is 0 Å². The second kappa shape index (κ2) is 6.76. The highest BCUT2D eigenvalue weighted by atomic mass is 16.5. The Morgan fingerprint density at radius 2 is 1.78 bits per heavy atom. The van der Waals surface area contributed by atoms with Gasteiger partial charge in [0.1, 0.15) is 5.75 Å². The van der Waals surface area contributed by atoms with Gasteiger partial charge in [0.2, 0.25) is 0 Å². The third-order valence-electron chi connectivity index (χ3n) is 3.26. The van der Waals surface area contributed by atoms with Crippen LogP contribution in [0.25, 0.3) is 0 Å². The molecule has 0 saturated heterocycles. The lowest BCUT2D eigenvalue weighted by molar-refractivity contribution is 0.402. The molecule has 1 aromatic carbocycles. The van der Waals surface area contributed by atoms with Crippen molar-refractivity contribution in [3.8, 4) is 5.75 Å². The standard InChI is InChI=1S/C15H26N2O/c1-10(2)12-6-7-13(15(9-12)18-4)14(17)8-5-11(3)16/h6-7,9-11,14H,5,8,16-17H2,1-4H3. The van der Waals surface area contributed by atoms with Crippen LogP contribution in [0, 0.1) is 0 Å². The van der Waals surface area contributed by atoms with Crippen molar-refractivity contribution in [1.82, 2.24) is 0 Å². The molecule has 18 heavy (non-hydrogen) atoms. The fraction of sp³-hybridized carbons (Fsp3) is 0.600. The molecule has 0 radical (unpaired) electrons. The smallest absolute Gasteiger partial charge is 0.123 e. The molecule has 0 aromatic heterocycles. The Morgan fingerprint density at radius 1 is 1.11 bits per heavy atom. The Hall–Kier alpha value is -1.06. The summed E-state index contributed by atoms with van der Waals surface area (Å²) < 4.78 is 5.45. The zero-order valence-electron chi connectivity index (χ0n) is 11.9. The highest BCUT2D eigenvalue weighted by molar-refractivity contribution is 5.40. The first kappa shape index (κ1) is 15.0. The Balaban J connectivity index is 2.87. The van der Waals surface area contributed by atoms with Crippen molar-refractivity contribution in [2.75, 3.05) is 7.11 Å². The van der Waals surface area contributed by atoms with Crippen molar-refractivity contribution >= 4 is 0 Å². The summed E-state index contributed by atoms with van der Waals surface area (Å²) in [7, 11) is 1.70. The van der Waals surface area contributed by atoms with E-state index in [1.807, 2.05) is 6.92 Å². The maximum atomic E-state index is 6.21. The Labute approximate surface area is 111 Å². The fourth-order valence-corrected chi connectivity index (χ4v) is 1.99. The number of methoxy groups -OCH3 is 1. The first-order valence-electron chi connectivity index (χ1n) is 6.64. The van der Waals surface area contributed by atoms with E-state index in [4.69, 9.17) is 16.2 Å². The second-order valence-electron chi connectivity index (χ2n) is 5.32. The van der Waals surface area contributed by atoms with Crippen LogP contribution in [0.2, 0.25) is 0 Å². The van der Waals surface area contributed by atoms with E-state index in [1.165, 1.54) is 5.56 Å². The van der Waals surface area contributed by atoms with Gasteiger partial charge in [-0.3, -0.25) is 0 Å². The topological polar surface area (TPSA) is 61.3 Å². The van der Waals surface area contributed by atoms with Crippen LogP contribution in [0.3, 0.4) is 0 Å². The second-order valence-corrected chi connectivity index (χ2v) is 5.32. The van der Waals surface area contributed by atoms with Crippen LogP contribution >= 0.6 is 0 Å². The van der Waals surface area contributed by atoms with E-state index in [9.17, 15) is 0 Å². The minimum atomic E-state index is -0.00726. The quantitative estimate of drug-likeness (QED) is 0.816. The SMILES string of the molecule is COc1cc(C(C)C)ccc1C(N)CCC(C)N. The van der Waals surface area contributed by atoms with Crippen molar-refractivity contribution in [1.29, 1.82) is 0 Å². The first-order valence-corrected chi connectivity index (χ1v) is 6.64. The van der Waals surface area contributed by atoms with Gasteiger partial charge in [-0.1, -0.05) is 26.0 Å². The van der Waals surface area contributed by atoms with Gasteiger partial charge in [-0.2, -0.15) is 0 Å². The lowest BCUT2D eigenvalue weighted by Crippen LogP contribution is -2.19. The predicted octanol–water partition coefficient (Wildman–Crippen LogP) is 2.95. The van der Waals surface area contributed by atoms with Crippen molar-refractivity contribution in [3.05, 3.63) is 29.3 Å². The van der Waals surface area contributed by atoms with Crippen LogP contribution in [0.1, 0.15) is 56.7 Å². The fourth-order valence-electron chi connectivity index (χ4n) is 1.99. The number of rotatable bonds is 6. The Bertz CT molecular complexity index is 375. The monoisotopic (exact) mass is 250 g/mol. The number of benzene rings is 1. The van der Waals surface area contributed by atoms with E-state index in [-0.39, 0.29) is 12.1 Å². The van der Waals surface area contributed by atoms with Gasteiger partial charge in [-0.25, -0.2) is 0 Å². The van der Waals surface area contributed by atoms with Gasteiger partial charge in [-0.05, 0) is 37.3 Å². The summed E-state index contributed by atoms with van der Waals surface area (Å²) in [5.41, 5.74) is 14.3. The molecule has 0 saturated carbocycles. The molecule has 0 fully saturated rings. The zero-order valence-corrected chi connectivity index (χ0v) is 11.9. The number of ether oxygens (including phenoxy) is 1. The summed E-state index contributed by atoms with van der Waals surface area (Å²) in [4.78, 5) is 0. The number of nitrogens with two attached hydrogens (primary N) is 2. The molecule has 2 unspecified atom stereocenters. The molecule has 0 spiro atoms. The first-order chi connectivity index (χ1) is 8.45. The molecular weight excluding hydrogens is 224 g/mol. The van der Waals surface area contributed by atoms with E-state index >= 15 is 0 Å². The normalized spacial score (nSPS) is 14.6. The maximum absolute atomic E-state index is 6.21. The summed E-state index contributed by atoms with van der Waals surface area (Å²) in [6.45, 7) is 6.35. The Morgan fingerprint density at radius 3 is 2.28 bits per heavy atom.